The van der Waals surface area contributed by atoms with Crippen LogP contribution in [0, 0.1) is 13.8 Å². The molecule has 1 heterocycles. The van der Waals surface area contributed by atoms with Crippen molar-refractivity contribution in [1.29, 1.82) is 0 Å². The number of halogens is 1. The molecule has 112 valence electrons. The van der Waals surface area contributed by atoms with E-state index in [1.165, 1.54) is 0 Å². The van der Waals surface area contributed by atoms with Crippen LogP contribution in [0.4, 0.5) is 0 Å². The maximum Gasteiger partial charge on any atom is 0.253 e. The molecule has 1 aromatic heterocycles. The van der Waals surface area contributed by atoms with Crippen molar-refractivity contribution >= 4 is 17.5 Å². The maximum absolute atomic E-state index is 12.2. The molecular weight excluding hydrogens is 288 g/mol. The van der Waals surface area contributed by atoms with Gasteiger partial charge in [0, 0.05) is 28.6 Å². The number of hydrogen-bond donors (Lipinski definition) is 2. The highest BCUT2D eigenvalue weighted by atomic mass is 35.5. The Morgan fingerprint density at radius 3 is 2.71 bits per heavy atom. The number of nitrogens with one attached hydrogen (secondary N) is 1. The predicted octanol–water partition coefficient (Wildman–Crippen LogP) is 2.86. The van der Waals surface area contributed by atoms with Gasteiger partial charge in [-0.05, 0) is 45.0 Å². The number of benzene rings is 1. The maximum atomic E-state index is 12.2. The van der Waals surface area contributed by atoms with Crippen molar-refractivity contribution < 1.29 is 9.90 Å². The fourth-order valence-corrected chi connectivity index (χ4v) is 2.53. The van der Waals surface area contributed by atoms with E-state index >= 15 is 0 Å². The minimum absolute atomic E-state index is 0.183. The quantitative estimate of drug-likeness (QED) is 0.912. The van der Waals surface area contributed by atoms with Gasteiger partial charge in [-0.15, -0.1) is 0 Å². The Kier molecular flexibility index (Phi) is 4.70. The molecule has 2 aromatic rings. The third kappa shape index (κ3) is 3.46. The summed E-state index contributed by atoms with van der Waals surface area (Å²) in [5.41, 5.74) is 3.33. The van der Waals surface area contributed by atoms with Gasteiger partial charge in [-0.2, -0.15) is 0 Å². The van der Waals surface area contributed by atoms with E-state index in [9.17, 15) is 9.90 Å². The minimum atomic E-state index is -0.564. The van der Waals surface area contributed by atoms with Crippen LogP contribution in [-0.4, -0.2) is 28.2 Å². The standard InChI is InChI=1S/C16H19ClN2O2/c1-10-7-15(16(21)18-9-11(2)20)12(3)19(10)14-6-4-5-13(17)8-14/h4-8,11,20H,9H2,1-3H3,(H,18,21). The second-order valence-corrected chi connectivity index (χ2v) is 5.60. The number of carbonyl (C=O) groups excluding carboxylic acids is 1. The van der Waals surface area contributed by atoms with E-state index in [0.717, 1.165) is 17.1 Å². The van der Waals surface area contributed by atoms with Crippen molar-refractivity contribution in [3.8, 4) is 5.69 Å². The Bertz CT molecular complexity index is 662. The Hall–Kier alpha value is -1.78. The molecule has 2 N–H and O–H groups in total. The lowest BCUT2D eigenvalue weighted by atomic mass is 10.2. The molecule has 0 bridgehead atoms. The smallest absolute Gasteiger partial charge is 0.253 e. The molecule has 0 saturated heterocycles. The Morgan fingerprint density at radius 2 is 2.10 bits per heavy atom. The summed E-state index contributed by atoms with van der Waals surface area (Å²) in [6.07, 6.45) is -0.564. The molecule has 1 amide bonds. The fraction of sp³-hybridized carbons (Fsp3) is 0.312. The van der Waals surface area contributed by atoms with E-state index < -0.39 is 6.10 Å². The average Bonchev–Trinajstić information content (AvgIpc) is 2.71. The molecule has 4 nitrogen and oxygen atoms in total. The monoisotopic (exact) mass is 306 g/mol. The van der Waals surface area contributed by atoms with E-state index in [1.807, 2.05) is 48.7 Å². The zero-order valence-electron chi connectivity index (χ0n) is 12.4. The number of hydrogen-bond acceptors (Lipinski definition) is 2. The molecule has 0 aliphatic carbocycles. The molecule has 2 rings (SSSR count). The molecule has 0 aliphatic rings. The van der Waals surface area contributed by atoms with Crippen LogP contribution in [0.15, 0.2) is 30.3 Å². The van der Waals surface area contributed by atoms with Crippen molar-refractivity contribution in [3.63, 3.8) is 0 Å². The van der Waals surface area contributed by atoms with Gasteiger partial charge in [-0.3, -0.25) is 4.79 Å². The van der Waals surface area contributed by atoms with E-state index in [4.69, 9.17) is 11.6 Å². The number of carbonyl (C=O) groups is 1. The molecule has 0 fully saturated rings. The normalized spacial score (nSPS) is 12.2. The van der Waals surface area contributed by atoms with Crippen LogP contribution in [0.5, 0.6) is 0 Å². The summed E-state index contributed by atoms with van der Waals surface area (Å²) < 4.78 is 1.99. The van der Waals surface area contributed by atoms with Crippen LogP contribution in [-0.2, 0) is 0 Å². The molecule has 0 radical (unpaired) electrons. The van der Waals surface area contributed by atoms with Gasteiger partial charge in [0.1, 0.15) is 0 Å². The first-order valence-corrected chi connectivity index (χ1v) is 7.19. The molecule has 21 heavy (non-hydrogen) atoms. The van der Waals surface area contributed by atoms with E-state index in [-0.39, 0.29) is 12.5 Å². The summed E-state index contributed by atoms with van der Waals surface area (Å²) in [5.74, 6) is -0.183. The predicted molar refractivity (Wildman–Crippen MR) is 84.3 cm³/mol. The number of aromatic nitrogens is 1. The highest BCUT2D eigenvalue weighted by Crippen LogP contribution is 2.22. The lowest BCUT2D eigenvalue weighted by molar-refractivity contribution is 0.0923. The molecule has 1 unspecified atom stereocenters. The molecule has 0 saturated carbocycles. The third-order valence-electron chi connectivity index (χ3n) is 3.30. The summed E-state index contributed by atoms with van der Waals surface area (Å²) in [4.78, 5) is 12.2. The number of aryl methyl sites for hydroxylation is 1. The van der Waals surface area contributed by atoms with Gasteiger partial charge in [-0.25, -0.2) is 0 Å². The number of amides is 1. The van der Waals surface area contributed by atoms with Crippen molar-refractivity contribution in [3.05, 3.63) is 52.3 Å². The number of aliphatic hydroxyl groups is 1. The van der Waals surface area contributed by atoms with Crippen LogP contribution < -0.4 is 5.32 Å². The van der Waals surface area contributed by atoms with Gasteiger partial charge in [0.05, 0.1) is 11.7 Å². The summed E-state index contributed by atoms with van der Waals surface area (Å²) >= 11 is 6.03. The minimum Gasteiger partial charge on any atom is -0.392 e. The molecule has 0 aliphatic heterocycles. The highest BCUT2D eigenvalue weighted by Gasteiger charge is 2.16. The molecule has 1 aromatic carbocycles. The Labute approximate surface area is 129 Å². The summed E-state index contributed by atoms with van der Waals surface area (Å²) in [6, 6.07) is 9.34. The van der Waals surface area contributed by atoms with Crippen molar-refractivity contribution in [2.75, 3.05) is 6.54 Å². The van der Waals surface area contributed by atoms with Crippen LogP contribution in [0.1, 0.15) is 28.7 Å². The second-order valence-electron chi connectivity index (χ2n) is 5.16. The van der Waals surface area contributed by atoms with E-state index in [1.54, 1.807) is 6.92 Å². The molecular formula is C16H19ClN2O2. The van der Waals surface area contributed by atoms with Crippen LogP contribution >= 0.6 is 11.6 Å². The molecule has 1 atom stereocenters. The van der Waals surface area contributed by atoms with Crippen LogP contribution in [0.25, 0.3) is 5.69 Å². The highest BCUT2D eigenvalue weighted by molar-refractivity contribution is 6.30. The van der Waals surface area contributed by atoms with Crippen molar-refractivity contribution in [2.45, 2.75) is 26.9 Å². The number of aliphatic hydroxyl groups excluding tert-OH is 1. The van der Waals surface area contributed by atoms with Gasteiger partial charge < -0.3 is 15.0 Å². The zero-order valence-corrected chi connectivity index (χ0v) is 13.1. The Morgan fingerprint density at radius 1 is 1.38 bits per heavy atom. The molecule has 5 heteroatoms. The van der Waals surface area contributed by atoms with Gasteiger partial charge >= 0.3 is 0 Å². The SMILES string of the molecule is Cc1cc(C(=O)NCC(C)O)c(C)n1-c1cccc(Cl)c1. The van der Waals surface area contributed by atoms with Crippen LogP contribution in [0.3, 0.4) is 0 Å². The van der Waals surface area contributed by atoms with Gasteiger partial charge in [-0.1, -0.05) is 17.7 Å². The average molecular weight is 307 g/mol. The lowest BCUT2D eigenvalue weighted by Crippen LogP contribution is -2.30. The summed E-state index contributed by atoms with van der Waals surface area (Å²) in [6.45, 7) is 5.71. The lowest BCUT2D eigenvalue weighted by Gasteiger charge is -2.11. The third-order valence-corrected chi connectivity index (χ3v) is 3.54. The van der Waals surface area contributed by atoms with Crippen molar-refractivity contribution in [2.24, 2.45) is 0 Å². The van der Waals surface area contributed by atoms with E-state index in [0.29, 0.717) is 10.6 Å². The van der Waals surface area contributed by atoms with Gasteiger partial charge in [0.25, 0.3) is 5.91 Å². The first-order chi connectivity index (χ1) is 9.90. The first kappa shape index (κ1) is 15.6. The van der Waals surface area contributed by atoms with Gasteiger partial charge in [0.2, 0.25) is 0 Å². The fourth-order valence-electron chi connectivity index (χ4n) is 2.34. The number of nitrogens with zero attached hydrogens (tertiary/aromatic N) is 1. The first-order valence-electron chi connectivity index (χ1n) is 6.81. The largest absolute Gasteiger partial charge is 0.392 e. The number of rotatable bonds is 4. The zero-order chi connectivity index (χ0) is 15.6. The topological polar surface area (TPSA) is 54.3 Å². The van der Waals surface area contributed by atoms with E-state index in [2.05, 4.69) is 5.32 Å². The Balaban J connectivity index is 2.36. The van der Waals surface area contributed by atoms with Crippen molar-refractivity contribution in [1.82, 2.24) is 9.88 Å². The van der Waals surface area contributed by atoms with Gasteiger partial charge in [0.15, 0.2) is 0 Å². The summed E-state index contributed by atoms with van der Waals surface area (Å²) in [5, 5.41) is 12.6. The van der Waals surface area contributed by atoms with Crippen LogP contribution in [0.2, 0.25) is 5.02 Å². The summed E-state index contributed by atoms with van der Waals surface area (Å²) in [7, 11) is 0. The molecule has 0 spiro atoms. The second kappa shape index (κ2) is 6.33.